The molecule has 0 radical (unpaired) electrons. The Kier molecular flexibility index (Phi) is 8.18. The Labute approximate surface area is 164 Å². The molecule has 146 valence electrons. The molecule has 2 N–H and O–H groups in total. The summed E-state index contributed by atoms with van der Waals surface area (Å²) in [7, 11) is 0. The molecule has 2 rings (SSSR count). The summed E-state index contributed by atoms with van der Waals surface area (Å²) in [6, 6.07) is 14.6. The van der Waals surface area contributed by atoms with Crippen molar-refractivity contribution in [3.8, 4) is 0 Å². The lowest BCUT2D eigenvalue weighted by Gasteiger charge is -2.23. The smallest absolute Gasteiger partial charge is 0.319 e. The monoisotopic (exact) mass is 367 g/mol. The molecule has 4 nitrogen and oxygen atoms in total. The predicted octanol–water partition coefficient (Wildman–Crippen LogP) is 5.29. The minimum Gasteiger partial charge on any atom is -0.370 e. The zero-order valence-corrected chi connectivity index (χ0v) is 17.1. The third-order valence-electron chi connectivity index (χ3n) is 4.77. The SMILES string of the molecule is CCCCc1ccc(NC(=O)NCCN(CC)c2cccc(C)c2)c(C)c1. The first kappa shape index (κ1) is 20.8. The number of benzene rings is 2. The molecule has 0 spiro atoms. The molecule has 2 amide bonds. The van der Waals surface area contributed by atoms with E-state index in [2.05, 4.69) is 72.7 Å². The molecule has 0 bridgehead atoms. The number of unbranched alkanes of at least 4 members (excludes halogenated alkanes) is 1. The lowest BCUT2D eigenvalue weighted by atomic mass is 10.0. The first-order valence-electron chi connectivity index (χ1n) is 9.99. The zero-order chi connectivity index (χ0) is 19.6. The molecule has 2 aromatic carbocycles. The van der Waals surface area contributed by atoms with E-state index in [0.29, 0.717) is 6.54 Å². The highest BCUT2D eigenvalue weighted by Gasteiger charge is 2.07. The number of aryl methyl sites for hydroxylation is 3. The molecular weight excluding hydrogens is 334 g/mol. The van der Waals surface area contributed by atoms with Crippen molar-refractivity contribution in [1.82, 2.24) is 5.32 Å². The Balaban J connectivity index is 1.83. The van der Waals surface area contributed by atoms with Crippen molar-refractivity contribution in [1.29, 1.82) is 0 Å². The summed E-state index contributed by atoms with van der Waals surface area (Å²) >= 11 is 0. The number of urea groups is 1. The molecule has 0 aliphatic carbocycles. The molecular formula is C23H33N3O. The van der Waals surface area contributed by atoms with Crippen molar-refractivity contribution in [2.24, 2.45) is 0 Å². The van der Waals surface area contributed by atoms with Crippen LogP contribution in [0.4, 0.5) is 16.2 Å². The Morgan fingerprint density at radius 3 is 2.56 bits per heavy atom. The van der Waals surface area contributed by atoms with Gasteiger partial charge in [-0.05, 0) is 68.5 Å². The number of nitrogens with one attached hydrogen (secondary N) is 2. The van der Waals surface area contributed by atoms with Gasteiger partial charge < -0.3 is 15.5 Å². The van der Waals surface area contributed by atoms with Gasteiger partial charge >= 0.3 is 6.03 Å². The van der Waals surface area contributed by atoms with E-state index in [0.717, 1.165) is 30.8 Å². The summed E-state index contributed by atoms with van der Waals surface area (Å²) in [5, 5.41) is 5.93. The quantitative estimate of drug-likeness (QED) is 0.632. The number of hydrogen-bond acceptors (Lipinski definition) is 2. The van der Waals surface area contributed by atoms with Gasteiger partial charge in [-0.3, -0.25) is 0 Å². The first-order chi connectivity index (χ1) is 13.0. The third-order valence-corrected chi connectivity index (χ3v) is 4.77. The van der Waals surface area contributed by atoms with Crippen molar-refractivity contribution < 1.29 is 4.79 Å². The van der Waals surface area contributed by atoms with E-state index in [1.54, 1.807) is 0 Å². The summed E-state index contributed by atoms with van der Waals surface area (Å²) in [5.74, 6) is 0. The van der Waals surface area contributed by atoms with Gasteiger partial charge in [0.2, 0.25) is 0 Å². The number of carbonyl (C=O) groups is 1. The van der Waals surface area contributed by atoms with Crippen LogP contribution < -0.4 is 15.5 Å². The van der Waals surface area contributed by atoms with E-state index in [4.69, 9.17) is 0 Å². The molecule has 0 saturated carbocycles. The van der Waals surface area contributed by atoms with Crippen molar-refractivity contribution in [2.45, 2.75) is 47.0 Å². The molecule has 0 aliphatic heterocycles. The van der Waals surface area contributed by atoms with E-state index in [-0.39, 0.29) is 6.03 Å². The van der Waals surface area contributed by atoms with E-state index < -0.39 is 0 Å². The largest absolute Gasteiger partial charge is 0.370 e. The van der Waals surface area contributed by atoms with Crippen molar-refractivity contribution in [3.05, 3.63) is 59.2 Å². The maximum Gasteiger partial charge on any atom is 0.319 e. The fourth-order valence-electron chi connectivity index (χ4n) is 3.17. The number of anilines is 2. The molecule has 0 aliphatic rings. The van der Waals surface area contributed by atoms with Crippen LogP contribution in [0.5, 0.6) is 0 Å². The fraction of sp³-hybridized carbons (Fsp3) is 0.435. The number of rotatable bonds is 9. The zero-order valence-electron chi connectivity index (χ0n) is 17.1. The normalized spacial score (nSPS) is 10.5. The van der Waals surface area contributed by atoms with Gasteiger partial charge in [-0.15, -0.1) is 0 Å². The number of carbonyl (C=O) groups excluding carboxylic acids is 1. The third kappa shape index (κ3) is 6.63. The number of nitrogens with zero attached hydrogens (tertiary/aromatic N) is 1. The Bertz CT molecular complexity index is 742. The maximum absolute atomic E-state index is 12.2. The summed E-state index contributed by atoms with van der Waals surface area (Å²) < 4.78 is 0. The molecule has 0 aromatic heterocycles. The summed E-state index contributed by atoms with van der Waals surface area (Å²) in [6.07, 6.45) is 3.48. The number of amides is 2. The van der Waals surface area contributed by atoms with Gasteiger partial charge in [-0.1, -0.05) is 37.6 Å². The van der Waals surface area contributed by atoms with Crippen LogP contribution in [-0.2, 0) is 6.42 Å². The average molecular weight is 368 g/mol. The van der Waals surface area contributed by atoms with Crippen molar-refractivity contribution >= 4 is 17.4 Å². The second kappa shape index (κ2) is 10.6. The van der Waals surface area contributed by atoms with Crippen molar-refractivity contribution in [2.75, 3.05) is 29.9 Å². The molecule has 2 aromatic rings. The van der Waals surface area contributed by atoms with Crippen LogP contribution in [0, 0.1) is 13.8 Å². The van der Waals surface area contributed by atoms with E-state index in [9.17, 15) is 4.79 Å². The molecule has 0 unspecified atom stereocenters. The highest BCUT2D eigenvalue weighted by Crippen LogP contribution is 2.18. The van der Waals surface area contributed by atoms with Crippen LogP contribution in [0.25, 0.3) is 0 Å². The number of hydrogen-bond donors (Lipinski definition) is 2. The second-order valence-corrected chi connectivity index (χ2v) is 7.05. The van der Waals surface area contributed by atoms with Crippen molar-refractivity contribution in [3.63, 3.8) is 0 Å². The minimum absolute atomic E-state index is 0.153. The maximum atomic E-state index is 12.2. The van der Waals surface area contributed by atoms with Gasteiger partial charge in [0, 0.05) is 31.0 Å². The van der Waals surface area contributed by atoms with Gasteiger partial charge in [0.05, 0.1) is 0 Å². The first-order valence-corrected chi connectivity index (χ1v) is 9.99. The van der Waals surface area contributed by atoms with Crippen LogP contribution in [0.1, 0.15) is 43.4 Å². The van der Waals surface area contributed by atoms with Crippen LogP contribution in [0.3, 0.4) is 0 Å². The summed E-state index contributed by atoms with van der Waals surface area (Å²) in [6.45, 7) is 10.8. The van der Waals surface area contributed by atoms with Crippen LogP contribution in [0.2, 0.25) is 0 Å². The Morgan fingerprint density at radius 2 is 1.89 bits per heavy atom. The van der Waals surface area contributed by atoms with Gasteiger partial charge in [-0.25, -0.2) is 4.79 Å². The molecule has 0 atom stereocenters. The summed E-state index contributed by atoms with van der Waals surface area (Å²) in [4.78, 5) is 14.5. The van der Waals surface area contributed by atoms with E-state index >= 15 is 0 Å². The molecule has 0 saturated heterocycles. The lowest BCUT2D eigenvalue weighted by Crippen LogP contribution is -2.37. The standard InChI is InChI=1S/C23H33N3O/c1-5-7-10-20-12-13-22(19(4)17-20)25-23(27)24-14-15-26(6-2)21-11-8-9-18(3)16-21/h8-9,11-13,16-17H,5-7,10,14-15H2,1-4H3,(H2,24,25,27). The number of likely N-dealkylation sites (N-methyl/N-ethyl adjacent to an activating group) is 1. The van der Waals surface area contributed by atoms with Gasteiger partial charge in [-0.2, -0.15) is 0 Å². The highest BCUT2D eigenvalue weighted by molar-refractivity contribution is 5.90. The van der Waals surface area contributed by atoms with Gasteiger partial charge in [0.25, 0.3) is 0 Å². The van der Waals surface area contributed by atoms with E-state index in [1.807, 2.05) is 13.0 Å². The molecule has 0 heterocycles. The predicted molar refractivity (Wildman–Crippen MR) is 116 cm³/mol. The van der Waals surface area contributed by atoms with Gasteiger partial charge in [0.15, 0.2) is 0 Å². The summed E-state index contributed by atoms with van der Waals surface area (Å²) in [5.41, 5.74) is 5.75. The molecule has 4 heteroatoms. The minimum atomic E-state index is -0.153. The Morgan fingerprint density at radius 1 is 1.07 bits per heavy atom. The average Bonchev–Trinajstić information content (AvgIpc) is 2.65. The lowest BCUT2D eigenvalue weighted by molar-refractivity contribution is 0.252. The molecule has 27 heavy (non-hydrogen) atoms. The second-order valence-electron chi connectivity index (χ2n) is 7.05. The van der Waals surface area contributed by atoms with E-state index in [1.165, 1.54) is 29.7 Å². The molecule has 0 fully saturated rings. The Hall–Kier alpha value is -2.49. The fourth-order valence-corrected chi connectivity index (χ4v) is 3.17. The topological polar surface area (TPSA) is 44.4 Å². The van der Waals surface area contributed by atoms with Crippen LogP contribution >= 0.6 is 0 Å². The van der Waals surface area contributed by atoms with Gasteiger partial charge in [0.1, 0.15) is 0 Å². The highest BCUT2D eigenvalue weighted by atomic mass is 16.2. The van der Waals surface area contributed by atoms with Crippen LogP contribution in [-0.4, -0.2) is 25.7 Å². The van der Waals surface area contributed by atoms with Crippen LogP contribution in [0.15, 0.2) is 42.5 Å².